The summed E-state index contributed by atoms with van der Waals surface area (Å²) in [6.45, 7) is 15.1. The molecule has 1 aromatic rings. The number of hydrogen-bond acceptors (Lipinski definition) is 2. The summed E-state index contributed by atoms with van der Waals surface area (Å²) in [5, 5.41) is 1.43. The topological polar surface area (TPSA) is 49.4 Å². The van der Waals surface area contributed by atoms with E-state index in [2.05, 4.69) is 5.43 Å². The third kappa shape index (κ3) is 4.09. The summed E-state index contributed by atoms with van der Waals surface area (Å²) in [6, 6.07) is 5.63. The molecule has 0 unspecified atom stereocenters. The molecule has 0 saturated heterocycles. The first-order chi connectivity index (χ1) is 9.85. The Morgan fingerprint density at radius 3 is 2.00 bits per heavy atom. The van der Waals surface area contributed by atoms with Crippen LogP contribution in [0.5, 0.6) is 0 Å². The van der Waals surface area contributed by atoms with E-state index in [9.17, 15) is 9.59 Å². The highest BCUT2D eigenvalue weighted by molar-refractivity contribution is 5.97. The van der Waals surface area contributed by atoms with Crippen LogP contribution in [0.15, 0.2) is 18.2 Å². The Balaban J connectivity index is 3.21. The van der Waals surface area contributed by atoms with Crippen LogP contribution in [0.1, 0.15) is 63.0 Å². The predicted molar refractivity (Wildman–Crippen MR) is 89.4 cm³/mol. The monoisotopic (exact) mass is 304 g/mol. The largest absolute Gasteiger partial charge is 0.273 e. The molecule has 0 aliphatic heterocycles. The van der Waals surface area contributed by atoms with Gasteiger partial charge in [0.25, 0.3) is 5.91 Å². The van der Waals surface area contributed by atoms with Crippen LogP contribution in [0.2, 0.25) is 0 Å². The fourth-order valence-electron chi connectivity index (χ4n) is 1.90. The van der Waals surface area contributed by atoms with Crippen molar-refractivity contribution in [2.45, 2.75) is 60.9 Å². The van der Waals surface area contributed by atoms with Crippen molar-refractivity contribution < 1.29 is 9.59 Å². The van der Waals surface area contributed by atoms with Crippen molar-refractivity contribution in [1.29, 1.82) is 0 Å². The van der Waals surface area contributed by atoms with E-state index in [1.54, 1.807) is 6.07 Å². The third-order valence-electron chi connectivity index (χ3n) is 3.60. The van der Waals surface area contributed by atoms with Crippen LogP contribution < -0.4 is 5.43 Å². The molecule has 0 atom stereocenters. The molecule has 0 aliphatic carbocycles. The number of nitrogens with one attached hydrogen (secondary N) is 1. The van der Waals surface area contributed by atoms with E-state index in [1.165, 1.54) is 5.01 Å². The Bertz CT molecular complexity index is 578. The zero-order chi connectivity index (χ0) is 17.3. The first-order valence-corrected chi connectivity index (χ1v) is 7.57. The second-order valence-corrected chi connectivity index (χ2v) is 7.75. The molecule has 0 aromatic heterocycles. The Morgan fingerprint density at radius 2 is 1.55 bits per heavy atom. The van der Waals surface area contributed by atoms with Crippen LogP contribution in [0.4, 0.5) is 0 Å². The molecule has 122 valence electrons. The highest BCUT2D eigenvalue weighted by Gasteiger charge is 2.33. The molecule has 4 heteroatoms. The van der Waals surface area contributed by atoms with Crippen molar-refractivity contribution in [2.75, 3.05) is 0 Å². The van der Waals surface area contributed by atoms with Gasteiger partial charge in [0.15, 0.2) is 0 Å². The summed E-state index contributed by atoms with van der Waals surface area (Å²) < 4.78 is 0. The Morgan fingerprint density at radius 1 is 1.00 bits per heavy atom. The molecule has 0 bridgehead atoms. The number of aryl methyl sites for hydroxylation is 1. The molecule has 0 spiro atoms. The zero-order valence-electron chi connectivity index (χ0n) is 15.0. The summed E-state index contributed by atoms with van der Waals surface area (Å²) in [5.41, 5.74) is 4.31. The molecule has 0 radical (unpaired) electrons. The van der Waals surface area contributed by atoms with Gasteiger partial charge < -0.3 is 0 Å². The van der Waals surface area contributed by atoms with Crippen LogP contribution in [0.25, 0.3) is 0 Å². The van der Waals surface area contributed by atoms with E-state index in [4.69, 9.17) is 0 Å². The zero-order valence-corrected chi connectivity index (χ0v) is 15.0. The Hall–Kier alpha value is -1.84. The lowest BCUT2D eigenvalue weighted by molar-refractivity contribution is -0.134. The highest BCUT2D eigenvalue weighted by Crippen LogP contribution is 2.21. The number of carbonyl (C=O) groups excluding carboxylic acids is 2. The second-order valence-electron chi connectivity index (χ2n) is 7.75. The van der Waals surface area contributed by atoms with Gasteiger partial charge in [0, 0.05) is 11.0 Å². The van der Waals surface area contributed by atoms with Gasteiger partial charge in [0.05, 0.1) is 5.54 Å². The molecule has 0 aliphatic rings. The Labute approximate surface area is 133 Å². The van der Waals surface area contributed by atoms with Crippen molar-refractivity contribution in [1.82, 2.24) is 10.4 Å². The molecule has 1 aromatic carbocycles. The SMILES string of the molecule is Cc1cccc(C(=O)N(NC(=O)C(C)(C)C)C(C)(C)C)c1C. The highest BCUT2D eigenvalue weighted by atomic mass is 16.2. The minimum Gasteiger partial charge on any atom is -0.273 e. The van der Waals surface area contributed by atoms with Crippen LogP contribution in [-0.2, 0) is 4.79 Å². The quantitative estimate of drug-likeness (QED) is 0.806. The summed E-state index contributed by atoms with van der Waals surface area (Å²) in [5.74, 6) is -0.368. The summed E-state index contributed by atoms with van der Waals surface area (Å²) in [4.78, 5) is 25.2. The second kappa shape index (κ2) is 6.11. The molecule has 1 N–H and O–H groups in total. The summed E-state index contributed by atoms with van der Waals surface area (Å²) >= 11 is 0. The van der Waals surface area contributed by atoms with Crippen LogP contribution >= 0.6 is 0 Å². The lowest BCUT2D eigenvalue weighted by atomic mass is 9.95. The maximum absolute atomic E-state index is 12.9. The smallest absolute Gasteiger partial charge is 0.273 e. The van der Waals surface area contributed by atoms with Gasteiger partial charge >= 0.3 is 0 Å². The van der Waals surface area contributed by atoms with E-state index in [0.717, 1.165) is 11.1 Å². The van der Waals surface area contributed by atoms with Crippen molar-refractivity contribution in [3.05, 3.63) is 34.9 Å². The van der Waals surface area contributed by atoms with Gasteiger partial charge in [-0.2, -0.15) is 0 Å². The van der Waals surface area contributed by atoms with E-state index in [1.807, 2.05) is 67.5 Å². The number of nitrogens with zero attached hydrogens (tertiary/aromatic N) is 1. The van der Waals surface area contributed by atoms with Gasteiger partial charge in [-0.1, -0.05) is 32.9 Å². The average Bonchev–Trinajstić information content (AvgIpc) is 2.35. The van der Waals surface area contributed by atoms with Gasteiger partial charge in [-0.15, -0.1) is 0 Å². The van der Waals surface area contributed by atoms with Crippen molar-refractivity contribution in [2.24, 2.45) is 5.41 Å². The molecule has 2 amide bonds. The van der Waals surface area contributed by atoms with E-state index < -0.39 is 11.0 Å². The van der Waals surface area contributed by atoms with Gasteiger partial charge in [0.1, 0.15) is 0 Å². The lowest BCUT2D eigenvalue weighted by Crippen LogP contribution is -2.58. The van der Waals surface area contributed by atoms with E-state index >= 15 is 0 Å². The molecule has 0 fully saturated rings. The lowest BCUT2D eigenvalue weighted by Gasteiger charge is -2.37. The third-order valence-corrected chi connectivity index (χ3v) is 3.60. The maximum atomic E-state index is 12.9. The predicted octanol–water partition coefficient (Wildman–Crippen LogP) is 3.62. The van der Waals surface area contributed by atoms with Crippen LogP contribution in [-0.4, -0.2) is 22.4 Å². The van der Waals surface area contributed by atoms with Gasteiger partial charge in [-0.3, -0.25) is 15.0 Å². The van der Waals surface area contributed by atoms with Crippen molar-refractivity contribution >= 4 is 11.8 Å². The fourth-order valence-corrected chi connectivity index (χ4v) is 1.90. The Kier molecular flexibility index (Phi) is 5.06. The van der Waals surface area contributed by atoms with Gasteiger partial charge in [-0.25, -0.2) is 5.01 Å². The number of benzene rings is 1. The molecule has 4 nitrogen and oxygen atoms in total. The first kappa shape index (κ1) is 18.2. The van der Waals surface area contributed by atoms with Crippen LogP contribution in [0.3, 0.4) is 0 Å². The number of hydrogen-bond donors (Lipinski definition) is 1. The van der Waals surface area contributed by atoms with E-state index in [-0.39, 0.29) is 11.8 Å². The summed E-state index contributed by atoms with van der Waals surface area (Å²) in [6.07, 6.45) is 0. The summed E-state index contributed by atoms with van der Waals surface area (Å²) in [7, 11) is 0. The number of carbonyl (C=O) groups is 2. The van der Waals surface area contributed by atoms with Crippen LogP contribution in [0, 0.1) is 19.3 Å². The number of hydrazine groups is 1. The normalized spacial score (nSPS) is 12.0. The van der Waals surface area contributed by atoms with E-state index in [0.29, 0.717) is 5.56 Å². The number of amides is 2. The fraction of sp³-hybridized carbons (Fsp3) is 0.556. The van der Waals surface area contributed by atoms with Crippen molar-refractivity contribution in [3.63, 3.8) is 0 Å². The van der Waals surface area contributed by atoms with Gasteiger partial charge in [-0.05, 0) is 51.8 Å². The molecule has 1 rings (SSSR count). The first-order valence-electron chi connectivity index (χ1n) is 7.57. The minimum absolute atomic E-state index is 0.180. The molecular formula is C18H28N2O2. The van der Waals surface area contributed by atoms with Gasteiger partial charge in [0.2, 0.25) is 5.91 Å². The van der Waals surface area contributed by atoms with Crippen molar-refractivity contribution in [3.8, 4) is 0 Å². The maximum Gasteiger partial charge on any atom is 0.273 e. The molecule has 0 saturated carbocycles. The molecular weight excluding hydrogens is 276 g/mol. The standard InChI is InChI=1S/C18H28N2O2/c1-12-10-9-11-14(13(12)2)15(21)20(18(6,7)8)19-16(22)17(3,4)5/h9-11H,1-8H3,(H,19,22). The minimum atomic E-state index is -0.564. The molecule has 0 heterocycles. The average molecular weight is 304 g/mol. The number of rotatable bonds is 1. The molecule has 22 heavy (non-hydrogen) atoms.